The molecule has 0 radical (unpaired) electrons. The number of aromatic nitrogens is 6. The van der Waals surface area contributed by atoms with Gasteiger partial charge in [0.1, 0.15) is 0 Å². The van der Waals surface area contributed by atoms with Gasteiger partial charge < -0.3 is 15.3 Å². The van der Waals surface area contributed by atoms with E-state index in [1.165, 1.54) is 11.8 Å². The summed E-state index contributed by atoms with van der Waals surface area (Å²) in [6.07, 6.45) is 0. The Hall–Kier alpha value is -3.40. The molecule has 0 aliphatic carbocycles. The average molecular weight is 395 g/mol. The Bertz CT molecular complexity index is 1210. The molecule has 0 aliphatic rings. The fraction of sp³-hybridized carbons (Fsp3) is 0.167. The first-order chi connectivity index (χ1) is 13.5. The zero-order chi connectivity index (χ0) is 19.7. The second-order valence-corrected chi connectivity index (χ2v) is 7.56. The van der Waals surface area contributed by atoms with Gasteiger partial charge in [0.25, 0.3) is 0 Å². The van der Waals surface area contributed by atoms with Gasteiger partial charge in [-0.25, -0.2) is 4.79 Å². The number of imidazole rings is 1. The lowest BCUT2D eigenvalue weighted by Gasteiger charge is -2.12. The standard InChI is InChI=1S/C18H17N7O2S/c1-10-5-3-4-6-15(10)25-18(22-23-24-25)28-11(2)16(26)19-12-7-8-13-14(9-12)21-17(27)20-13/h3-9,11H,1-2H3,(H,19,26)(H2,20,21,27)/t11-/m0/s1. The van der Waals surface area contributed by atoms with E-state index in [0.717, 1.165) is 11.3 Å². The lowest BCUT2D eigenvalue weighted by molar-refractivity contribution is -0.115. The van der Waals surface area contributed by atoms with Crippen molar-refractivity contribution < 1.29 is 4.79 Å². The smallest absolute Gasteiger partial charge is 0.323 e. The van der Waals surface area contributed by atoms with Crippen molar-refractivity contribution in [2.75, 3.05) is 5.32 Å². The molecule has 28 heavy (non-hydrogen) atoms. The Morgan fingerprint density at radius 2 is 1.96 bits per heavy atom. The number of thioether (sulfide) groups is 1. The summed E-state index contributed by atoms with van der Waals surface area (Å²) in [5, 5.41) is 14.8. The number of hydrogen-bond donors (Lipinski definition) is 3. The highest BCUT2D eigenvalue weighted by molar-refractivity contribution is 8.00. The van der Waals surface area contributed by atoms with E-state index in [0.29, 0.717) is 21.9 Å². The summed E-state index contributed by atoms with van der Waals surface area (Å²) in [7, 11) is 0. The fourth-order valence-corrected chi connectivity index (χ4v) is 3.57. The van der Waals surface area contributed by atoms with Crippen molar-refractivity contribution in [1.29, 1.82) is 0 Å². The SMILES string of the molecule is Cc1ccccc1-n1nnnc1S[C@@H](C)C(=O)Nc1ccc2[nH]c(=O)[nH]c2c1. The van der Waals surface area contributed by atoms with Gasteiger partial charge in [0.15, 0.2) is 0 Å². The van der Waals surface area contributed by atoms with Crippen LogP contribution in [0.5, 0.6) is 0 Å². The number of nitrogens with zero attached hydrogens (tertiary/aromatic N) is 4. The predicted molar refractivity (Wildman–Crippen MR) is 107 cm³/mol. The number of carbonyl (C=O) groups is 1. The summed E-state index contributed by atoms with van der Waals surface area (Å²) < 4.78 is 1.63. The third-order valence-electron chi connectivity index (χ3n) is 4.22. The topological polar surface area (TPSA) is 121 Å². The molecule has 10 heteroatoms. The molecule has 0 aliphatic heterocycles. The number of amides is 1. The Morgan fingerprint density at radius 3 is 2.79 bits per heavy atom. The minimum atomic E-state index is -0.435. The summed E-state index contributed by atoms with van der Waals surface area (Å²) in [5.41, 5.74) is 3.52. The molecule has 4 rings (SSSR count). The number of tetrazole rings is 1. The van der Waals surface area contributed by atoms with E-state index in [1.807, 2.05) is 31.2 Å². The van der Waals surface area contributed by atoms with Crippen LogP contribution in [-0.4, -0.2) is 41.3 Å². The molecular weight excluding hydrogens is 378 g/mol. The monoisotopic (exact) mass is 395 g/mol. The zero-order valence-corrected chi connectivity index (χ0v) is 15.9. The molecule has 1 atom stereocenters. The van der Waals surface area contributed by atoms with Crippen LogP contribution in [0.4, 0.5) is 5.69 Å². The minimum Gasteiger partial charge on any atom is -0.325 e. The number of para-hydroxylation sites is 1. The predicted octanol–water partition coefficient (Wildman–Crippen LogP) is 2.26. The molecule has 0 spiro atoms. The number of aryl methyl sites for hydroxylation is 1. The molecule has 2 aromatic carbocycles. The summed E-state index contributed by atoms with van der Waals surface area (Å²) in [4.78, 5) is 29.3. The zero-order valence-electron chi connectivity index (χ0n) is 15.1. The van der Waals surface area contributed by atoms with Gasteiger partial charge in [-0.05, 0) is 54.1 Å². The maximum atomic E-state index is 12.6. The van der Waals surface area contributed by atoms with Gasteiger partial charge >= 0.3 is 5.69 Å². The van der Waals surface area contributed by atoms with Crippen LogP contribution in [0.25, 0.3) is 16.7 Å². The third kappa shape index (κ3) is 3.54. The van der Waals surface area contributed by atoms with E-state index in [9.17, 15) is 9.59 Å². The summed E-state index contributed by atoms with van der Waals surface area (Å²) >= 11 is 1.27. The molecule has 0 saturated carbocycles. The molecule has 2 heterocycles. The van der Waals surface area contributed by atoms with Crippen molar-refractivity contribution in [3.63, 3.8) is 0 Å². The van der Waals surface area contributed by atoms with E-state index in [-0.39, 0.29) is 11.6 Å². The molecule has 142 valence electrons. The molecular formula is C18H17N7O2S. The molecule has 4 aromatic rings. The number of H-pyrrole nitrogens is 2. The van der Waals surface area contributed by atoms with Gasteiger partial charge in [-0.15, -0.1) is 5.10 Å². The molecule has 0 saturated heterocycles. The Kier molecular flexibility index (Phi) is 4.70. The van der Waals surface area contributed by atoms with Gasteiger partial charge in [0, 0.05) is 5.69 Å². The molecule has 0 bridgehead atoms. The lowest BCUT2D eigenvalue weighted by Crippen LogP contribution is -2.23. The van der Waals surface area contributed by atoms with Crippen molar-refractivity contribution in [2.45, 2.75) is 24.3 Å². The van der Waals surface area contributed by atoms with Crippen LogP contribution in [0.3, 0.4) is 0 Å². The van der Waals surface area contributed by atoms with Crippen LogP contribution in [0.1, 0.15) is 12.5 Å². The number of nitrogens with one attached hydrogen (secondary N) is 3. The largest absolute Gasteiger partial charge is 0.325 e. The van der Waals surface area contributed by atoms with Crippen molar-refractivity contribution in [1.82, 2.24) is 30.2 Å². The first-order valence-corrected chi connectivity index (χ1v) is 9.43. The number of benzene rings is 2. The normalized spacial score (nSPS) is 12.2. The van der Waals surface area contributed by atoms with E-state index < -0.39 is 5.25 Å². The molecule has 9 nitrogen and oxygen atoms in total. The number of anilines is 1. The van der Waals surface area contributed by atoms with Crippen molar-refractivity contribution >= 4 is 34.4 Å². The number of hydrogen-bond acceptors (Lipinski definition) is 6. The fourth-order valence-electron chi connectivity index (χ4n) is 2.77. The Balaban J connectivity index is 1.50. The lowest BCUT2D eigenvalue weighted by atomic mass is 10.2. The van der Waals surface area contributed by atoms with Gasteiger partial charge in [0.2, 0.25) is 11.1 Å². The quantitative estimate of drug-likeness (QED) is 0.446. The summed E-state index contributed by atoms with van der Waals surface area (Å²) in [5.74, 6) is -0.193. The number of rotatable bonds is 5. The minimum absolute atomic E-state index is 0.193. The van der Waals surface area contributed by atoms with Gasteiger partial charge in [0.05, 0.1) is 22.0 Å². The van der Waals surface area contributed by atoms with Crippen LogP contribution < -0.4 is 11.0 Å². The van der Waals surface area contributed by atoms with Crippen molar-refractivity contribution in [2.24, 2.45) is 0 Å². The van der Waals surface area contributed by atoms with E-state index >= 15 is 0 Å². The molecule has 0 unspecified atom stereocenters. The first-order valence-electron chi connectivity index (χ1n) is 8.55. The van der Waals surface area contributed by atoms with E-state index in [2.05, 4.69) is 30.8 Å². The average Bonchev–Trinajstić information content (AvgIpc) is 3.27. The number of fused-ring (bicyclic) bond motifs is 1. The van der Waals surface area contributed by atoms with Gasteiger partial charge in [-0.2, -0.15) is 4.68 Å². The molecule has 2 aromatic heterocycles. The second-order valence-electron chi connectivity index (χ2n) is 6.25. The second kappa shape index (κ2) is 7.31. The highest BCUT2D eigenvalue weighted by atomic mass is 32.2. The van der Waals surface area contributed by atoms with Crippen LogP contribution in [-0.2, 0) is 4.79 Å². The Labute approximate surface area is 163 Å². The van der Waals surface area contributed by atoms with E-state index in [1.54, 1.807) is 29.8 Å². The van der Waals surface area contributed by atoms with Gasteiger partial charge in [-0.1, -0.05) is 30.0 Å². The maximum Gasteiger partial charge on any atom is 0.323 e. The summed E-state index contributed by atoms with van der Waals surface area (Å²) in [6, 6.07) is 12.9. The highest BCUT2D eigenvalue weighted by Crippen LogP contribution is 2.25. The van der Waals surface area contributed by atoms with Crippen LogP contribution in [0, 0.1) is 6.92 Å². The molecule has 0 fully saturated rings. The summed E-state index contributed by atoms with van der Waals surface area (Å²) in [6.45, 7) is 3.76. The van der Waals surface area contributed by atoms with E-state index in [4.69, 9.17) is 0 Å². The van der Waals surface area contributed by atoms with Crippen molar-refractivity contribution in [3.8, 4) is 5.69 Å². The van der Waals surface area contributed by atoms with Crippen LogP contribution in [0.15, 0.2) is 52.4 Å². The van der Waals surface area contributed by atoms with Crippen molar-refractivity contribution in [3.05, 3.63) is 58.5 Å². The molecule has 3 N–H and O–H groups in total. The maximum absolute atomic E-state index is 12.6. The first kappa shape index (κ1) is 18.0. The Morgan fingerprint density at radius 1 is 1.18 bits per heavy atom. The third-order valence-corrected chi connectivity index (χ3v) is 5.25. The van der Waals surface area contributed by atoms with Gasteiger partial charge in [-0.3, -0.25) is 4.79 Å². The number of aromatic amines is 2. The van der Waals surface area contributed by atoms with Crippen LogP contribution >= 0.6 is 11.8 Å². The molecule has 1 amide bonds. The van der Waals surface area contributed by atoms with Crippen LogP contribution in [0.2, 0.25) is 0 Å². The number of carbonyl (C=O) groups excluding carboxylic acids is 1. The highest BCUT2D eigenvalue weighted by Gasteiger charge is 2.20.